The highest BCUT2D eigenvalue weighted by atomic mass is 32.1. The zero-order chi connectivity index (χ0) is 20.1. The van der Waals surface area contributed by atoms with E-state index in [-0.39, 0.29) is 18.8 Å². The number of nitrogens with zero attached hydrogens (tertiary/aromatic N) is 4. The molecule has 0 atom stereocenters. The van der Waals surface area contributed by atoms with E-state index in [1.54, 1.807) is 13.3 Å². The number of hydrogen-bond acceptors (Lipinski definition) is 7. The van der Waals surface area contributed by atoms with E-state index in [0.29, 0.717) is 30.1 Å². The minimum absolute atomic E-state index is 0.0312. The summed E-state index contributed by atoms with van der Waals surface area (Å²) in [4.78, 5) is 18.6. The van der Waals surface area contributed by atoms with Crippen LogP contribution in [-0.2, 0) is 13.1 Å². The second kappa shape index (κ2) is 8.81. The van der Waals surface area contributed by atoms with Crippen LogP contribution < -0.4 is 20.9 Å². The average Bonchev–Trinajstić information content (AvgIpc) is 3.33. The Hall–Kier alpha value is -2.98. The molecule has 0 radical (unpaired) electrons. The van der Waals surface area contributed by atoms with E-state index in [1.165, 1.54) is 34.0 Å². The van der Waals surface area contributed by atoms with Crippen LogP contribution in [0.1, 0.15) is 4.88 Å². The number of aromatic nitrogens is 4. The fraction of sp³-hybridized carbons (Fsp3) is 0.278. The summed E-state index contributed by atoms with van der Waals surface area (Å²) in [7, 11) is 3.09. The van der Waals surface area contributed by atoms with Gasteiger partial charge in [0.1, 0.15) is 6.33 Å². The van der Waals surface area contributed by atoms with Gasteiger partial charge in [-0.2, -0.15) is 5.10 Å². The lowest BCUT2D eigenvalue weighted by molar-refractivity contribution is 0.343. The summed E-state index contributed by atoms with van der Waals surface area (Å²) in [5.41, 5.74) is 6.29. The van der Waals surface area contributed by atoms with Gasteiger partial charge in [0.25, 0.3) is 5.88 Å². The van der Waals surface area contributed by atoms with Crippen molar-refractivity contribution in [1.29, 1.82) is 0 Å². The predicted molar refractivity (Wildman–Crippen MR) is 104 cm³/mol. The number of ether oxygens (including phenoxy) is 2. The van der Waals surface area contributed by atoms with Gasteiger partial charge in [0, 0.05) is 28.1 Å². The van der Waals surface area contributed by atoms with Crippen molar-refractivity contribution in [2.75, 3.05) is 20.8 Å². The van der Waals surface area contributed by atoms with E-state index < -0.39 is 0 Å². The third-order valence-electron chi connectivity index (χ3n) is 4.07. The van der Waals surface area contributed by atoms with E-state index in [4.69, 9.17) is 15.2 Å². The maximum Gasteiger partial charge on any atom is 0.346 e. The quantitative estimate of drug-likeness (QED) is 0.616. The molecule has 0 aliphatic carbocycles. The Morgan fingerprint density at radius 3 is 2.86 bits per heavy atom. The monoisotopic (exact) mass is 405 g/mol. The molecule has 3 aromatic rings. The first-order chi connectivity index (χ1) is 13.6. The molecule has 0 saturated carbocycles. The number of pyridine rings is 1. The lowest BCUT2D eigenvalue weighted by atomic mass is 10.2. The van der Waals surface area contributed by atoms with E-state index in [1.807, 2.05) is 18.2 Å². The highest BCUT2D eigenvalue weighted by Crippen LogP contribution is 2.33. The van der Waals surface area contributed by atoms with Crippen LogP contribution in [0.25, 0.3) is 10.4 Å². The van der Waals surface area contributed by atoms with E-state index in [2.05, 4.69) is 10.1 Å². The first kappa shape index (κ1) is 19.8. The normalized spacial score (nSPS) is 11.6. The van der Waals surface area contributed by atoms with Gasteiger partial charge in [-0.1, -0.05) is 0 Å². The molecule has 3 rings (SSSR count). The Balaban J connectivity index is 1.79. The summed E-state index contributed by atoms with van der Waals surface area (Å²) >= 11 is 1.53. The molecule has 8 nitrogen and oxygen atoms in total. The molecule has 0 unspecified atom stereocenters. The molecule has 0 bridgehead atoms. The largest absolute Gasteiger partial charge is 0.491 e. The third kappa shape index (κ3) is 4.12. The van der Waals surface area contributed by atoms with E-state index in [0.717, 1.165) is 15.3 Å². The van der Waals surface area contributed by atoms with E-state index >= 15 is 0 Å². The van der Waals surface area contributed by atoms with Crippen LogP contribution in [0.4, 0.5) is 4.39 Å². The third-order valence-corrected chi connectivity index (χ3v) is 5.19. The molecule has 0 saturated heterocycles. The van der Waals surface area contributed by atoms with Crippen LogP contribution in [0.2, 0.25) is 0 Å². The zero-order valence-electron chi connectivity index (χ0n) is 15.5. The SMILES string of the molecule is COc1cc(-c2ccc(Cn3cnn(C/C(=C/F)CN)c3=O)s2)cnc1OC. The number of hydrogen-bond donors (Lipinski definition) is 1. The summed E-state index contributed by atoms with van der Waals surface area (Å²) in [5, 5.41) is 4.02. The molecule has 0 aliphatic heterocycles. The topological polar surface area (TPSA) is 97.2 Å². The van der Waals surface area contributed by atoms with Crippen LogP contribution in [0, 0.1) is 0 Å². The Kier molecular flexibility index (Phi) is 6.22. The number of nitrogens with two attached hydrogens (primary N) is 1. The van der Waals surface area contributed by atoms with E-state index in [9.17, 15) is 9.18 Å². The minimum atomic E-state index is -0.324. The van der Waals surface area contributed by atoms with Crippen LogP contribution >= 0.6 is 11.3 Å². The molecule has 3 heterocycles. The lowest BCUT2D eigenvalue weighted by Crippen LogP contribution is -2.26. The number of thiophene rings is 1. The predicted octanol–water partition coefficient (Wildman–Crippen LogP) is 2.05. The van der Waals surface area contributed by atoms with Crippen LogP contribution in [0.5, 0.6) is 11.6 Å². The number of halogens is 1. The highest BCUT2D eigenvalue weighted by molar-refractivity contribution is 7.15. The Bertz CT molecular complexity index is 1040. The van der Waals surface area contributed by atoms with Gasteiger partial charge in [0.15, 0.2) is 5.75 Å². The van der Waals surface area contributed by atoms with Gasteiger partial charge in [-0.3, -0.25) is 4.57 Å². The van der Waals surface area contributed by atoms with Gasteiger partial charge in [-0.05, 0) is 23.8 Å². The van der Waals surface area contributed by atoms with Crippen molar-refractivity contribution in [1.82, 2.24) is 19.3 Å². The molecule has 3 aromatic heterocycles. The van der Waals surface area contributed by atoms with Crippen molar-refractivity contribution < 1.29 is 13.9 Å². The molecule has 0 amide bonds. The standard InChI is InChI=1S/C18H20FN5O3S/c1-26-15-5-13(8-21-17(15)27-2)16-4-3-14(28-16)10-23-11-22-24(18(23)25)9-12(6-19)7-20/h3-6,8,11H,7,9-10,20H2,1-2H3/b12-6+. The van der Waals surface area contributed by atoms with Crippen LogP contribution in [0.3, 0.4) is 0 Å². The molecule has 10 heteroatoms. The van der Waals surface area contributed by atoms with Gasteiger partial charge < -0.3 is 15.2 Å². The smallest absolute Gasteiger partial charge is 0.346 e. The number of methoxy groups -OCH3 is 2. The minimum Gasteiger partial charge on any atom is -0.491 e. The van der Waals surface area contributed by atoms with Gasteiger partial charge in [-0.25, -0.2) is 18.9 Å². The first-order valence-electron chi connectivity index (χ1n) is 8.37. The molecule has 0 aromatic carbocycles. The summed E-state index contributed by atoms with van der Waals surface area (Å²) < 4.78 is 25.8. The van der Waals surface area contributed by atoms with Gasteiger partial charge in [0.2, 0.25) is 0 Å². The molecule has 28 heavy (non-hydrogen) atoms. The van der Waals surface area contributed by atoms with Gasteiger partial charge in [-0.15, -0.1) is 11.3 Å². The highest BCUT2D eigenvalue weighted by Gasteiger charge is 2.12. The average molecular weight is 405 g/mol. The molecular weight excluding hydrogens is 385 g/mol. The molecule has 0 aliphatic rings. The number of rotatable bonds is 8. The first-order valence-corrected chi connectivity index (χ1v) is 9.18. The molecular formula is C18H20FN5O3S. The maximum absolute atomic E-state index is 12.7. The Labute approximate surface area is 164 Å². The van der Waals surface area contributed by atoms with Crippen LogP contribution in [0.15, 0.2) is 47.4 Å². The summed E-state index contributed by atoms with van der Waals surface area (Å²) in [6, 6.07) is 5.74. The van der Waals surface area contributed by atoms with Gasteiger partial charge >= 0.3 is 5.69 Å². The van der Waals surface area contributed by atoms with Crippen molar-refractivity contribution >= 4 is 11.3 Å². The zero-order valence-corrected chi connectivity index (χ0v) is 16.3. The second-order valence-electron chi connectivity index (χ2n) is 5.87. The molecule has 148 valence electrons. The summed E-state index contributed by atoms with van der Waals surface area (Å²) in [5.74, 6) is 0.963. The van der Waals surface area contributed by atoms with Crippen molar-refractivity contribution in [2.24, 2.45) is 5.73 Å². The fourth-order valence-corrected chi connectivity index (χ4v) is 3.56. The fourth-order valence-electron chi connectivity index (χ4n) is 2.58. The van der Waals surface area contributed by atoms with Crippen LogP contribution in [-0.4, -0.2) is 40.1 Å². The van der Waals surface area contributed by atoms with Crippen molar-refractivity contribution in [3.05, 3.63) is 58.0 Å². The maximum atomic E-state index is 12.7. The summed E-state index contributed by atoms with van der Waals surface area (Å²) in [6.07, 6.45) is 3.55. The van der Waals surface area contributed by atoms with Crippen molar-refractivity contribution in [3.8, 4) is 22.1 Å². The lowest BCUT2D eigenvalue weighted by Gasteiger charge is -2.07. The van der Waals surface area contributed by atoms with Crippen molar-refractivity contribution in [3.63, 3.8) is 0 Å². The van der Waals surface area contributed by atoms with Crippen molar-refractivity contribution in [2.45, 2.75) is 13.1 Å². The molecule has 2 N–H and O–H groups in total. The Morgan fingerprint density at radius 1 is 1.36 bits per heavy atom. The molecule has 0 fully saturated rings. The molecule has 0 spiro atoms. The Morgan fingerprint density at radius 2 is 2.18 bits per heavy atom. The summed E-state index contributed by atoms with van der Waals surface area (Å²) in [6.45, 7) is 0.427. The second-order valence-corrected chi connectivity index (χ2v) is 7.04. The van der Waals surface area contributed by atoms with Gasteiger partial charge in [0.05, 0.1) is 33.6 Å².